The second kappa shape index (κ2) is 14.2. The quantitative estimate of drug-likeness (QED) is 0.169. The molecule has 0 heterocycles. The van der Waals surface area contributed by atoms with E-state index in [0.717, 1.165) is 48.2 Å². The first kappa shape index (κ1) is 33.3. The molecule has 3 aromatic rings. The Morgan fingerprint density at radius 3 is 1.96 bits per heavy atom. The summed E-state index contributed by atoms with van der Waals surface area (Å²) in [5.41, 5.74) is 11.4. The normalized spacial score (nSPS) is 18.9. The van der Waals surface area contributed by atoms with Gasteiger partial charge in [-0.1, -0.05) is 67.8 Å². The second-order valence-corrected chi connectivity index (χ2v) is 13.4. The van der Waals surface area contributed by atoms with Crippen LogP contribution in [0.2, 0.25) is 0 Å². The minimum atomic E-state index is -1.08. The van der Waals surface area contributed by atoms with Crippen molar-refractivity contribution in [3.63, 3.8) is 0 Å². The molecule has 0 saturated heterocycles. The molecular formula is C42H50N2O2. The highest BCUT2D eigenvalue weighted by Gasteiger charge is 2.40. The van der Waals surface area contributed by atoms with Crippen LogP contribution in [0.15, 0.2) is 96.1 Å². The summed E-state index contributed by atoms with van der Waals surface area (Å²) in [5, 5.41) is 13.6. The molecule has 4 atom stereocenters. The molecule has 0 N–H and O–H groups in total. The number of aryl methyl sites for hydroxylation is 4. The summed E-state index contributed by atoms with van der Waals surface area (Å²) in [7, 11) is 0. The molecule has 4 heteroatoms. The Morgan fingerprint density at radius 1 is 0.783 bits per heavy atom. The van der Waals surface area contributed by atoms with Crippen molar-refractivity contribution in [3.8, 4) is 0 Å². The number of benzene rings is 3. The molecule has 240 valence electrons. The predicted octanol–water partition coefficient (Wildman–Crippen LogP) is 9.04. The highest BCUT2D eigenvalue weighted by Crippen LogP contribution is 2.41. The molecule has 4 unspecified atom stereocenters. The number of Topliss-reactive ketones (excluding diaryl/α,β-unsaturated/α-hetero) is 1. The van der Waals surface area contributed by atoms with Gasteiger partial charge in [-0.15, -0.1) is 0 Å². The van der Waals surface area contributed by atoms with Crippen LogP contribution in [-0.4, -0.2) is 34.3 Å². The van der Waals surface area contributed by atoms with E-state index in [1.807, 2.05) is 24.3 Å². The van der Waals surface area contributed by atoms with Crippen LogP contribution in [0.4, 0.5) is 17.1 Å². The van der Waals surface area contributed by atoms with Crippen LogP contribution in [0.5, 0.6) is 0 Å². The summed E-state index contributed by atoms with van der Waals surface area (Å²) in [6, 6.07) is 21.9. The van der Waals surface area contributed by atoms with Crippen molar-refractivity contribution >= 4 is 28.6 Å². The first-order valence-electron chi connectivity index (χ1n) is 17.1. The molecule has 4 nitrogen and oxygen atoms in total. The zero-order chi connectivity index (χ0) is 33.1. The fourth-order valence-electron chi connectivity index (χ4n) is 7.30. The Balaban J connectivity index is 1.40. The SMILES string of the molecule is CCCC(C)N(c1ccc(C2C(=O)C(=C3C=CC(=[N+](c4ccc(C)cc4C)C(C)CCC)C=C3)C2[O-])cc1)c1ccc(C)cc1C. The maximum atomic E-state index is 13.6. The third-order valence-electron chi connectivity index (χ3n) is 9.64. The monoisotopic (exact) mass is 614 g/mol. The van der Waals surface area contributed by atoms with Crippen LogP contribution in [0.1, 0.15) is 87.1 Å². The first-order valence-corrected chi connectivity index (χ1v) is 17.1. The lowest BCUT2D eigenvalue weighted by atomic mass is 9.69. The molecule has 0 bridgehead atoms. The largest absolute Gasteiger partial charge is 0.848 e. The number of ketones is 1. The molecule has 5 rings (SSSR count). The summed E-state index contributed by atoms with van der Waals surface area (Å²) < 4.78 is 2.39. The third kappa shape index (κ3) is 6.59. The Hall–Kier alpha value is -4.02. The van der Waals surface area contributed by atoms with Crippen molar-refractivity contribution in [1.29, 1.82) is 0 Å². The Bertz CT molecular complexity index is 1700. The summed E-state index contributed by atoms with van der Waals surface area (Å²) in [5.74, 6) is -0.709. The number of carbonyl (C=O) groups is 1. The average molecular weight is 615 g/mol. The van der Waals surface area contributed by atoms with Crippen LogP contribution in [0, 0.1) is 27.7 Å². The van der Waals surface area contributed by atoms with Crippen molar-refractivity contribution in [3.05, 3.63) is 124 Å². The van der Waals surface area contributed by atoms with Gasteiger partial charge in [-0.3, -0.25) is 4.79 Å². The summed E-state index contributed by atoms with van der Waals surface area (Å²) in [4.78, 5) is 15.9. The smallest absolute Gasteiger partial charge is 0.208 e. The van der Waals surface area contributed by atoms with Crippen LogP contribution in [0.25, 0.3) is 0 Å². The summed E-state index contributed by atoms with van der Waals surface area (Å²) >= 11 is 0. The highest BCUT2D eigenvalue weighted by molar-refractivity contribution is 6.12. The lowest BCUT2D eigenvalue weighted by molar-refractivity contribution is -0.480. The summed E-state index contributed by atoms with van der Waals surface area (Å²) in [6.45, 7) is 17.5. The number of carbonyl (C=O) groups excluding carboxylic acids is 1. The lowest BCUT2D eigenvalue weighted by Gasteiger charge is -2.44. The average Bonchev–Trinajstić information content (AvgIpc) is 3.01. The van der Waals surface area contributed by atoms with Crippen LogP contribution >= 0.6 is 0 Å². The van der Waals surface area contributed by atoms with E-state index in [1.165, 1.54) is 33.6 Å². The fraction of sp³-hybridized carbons (Fsp3) is 0.381. The minimum Gasteiger partial charge on any atom is -0.848 e. The second-order valence-electron chi connectivity index (χ2n) is 13.4. The molecule has 3 aromatic carbocycles. The molecular weight excluding hydrogens is 564 g/mol. The molecule has 0 radical (unpaired) electrons. The van der Waals surface area contributed by atoms with E-state index in [0.29, 0.717) is 17.7 Å². The van der Waals surface area contributed by atoms with Gasteiger partial charge in [0.25, 0.3) is 0 Å². The van der Waals surface area contributed by atoms with Gasteiger partial charge in [0.05, 0.1) is 0 Å². The molecule has 1 saturated carbocycles. The van der Waals surface area contributed by atoms with Crippen molar-refractivity contribution in [2.24, 2.45) is 0 Å². The summed E-state index contributed by atoms with van der Waals surface area (Å²) in [6.07, 6.45) is 11.3. The minimum absolute atomic E-state index is 0.0586. The van der Waals surface area contributed by atoms with E-state index in [4.69, 9.17) is 0 Å². The standard InChI is InChI=1S/C42H50N2O2/c1-9-11-31(7)43(37-23-13-27(3)25-29(37)5)35-19-15-33(16-20-35)39-41(45)40(42(39)46)34-17-21-36(22-18-34)44(32(8)12-10-2)38-24-14-28(4)26-30(38)6/h13-26,31-32,39,41H,9-12H2,1-8H3. The predicted molar refractivity (Wildman–Crippen MR) is 191 cm³/mol. The number of anilines is 2. The Morgan fingerprint density at radius 2 is 1.39 bits per heavy atom. The molecule has 0 aliphatic heterocycles. The fourth-order valence-corrected chi connectivity index (χ4v) is 7.30. The van der Waals surface area contributed by atoms with E-state index in [-0.39, 0.29) is 5.78 Å². The van der Waals surface area contributed by atoms with Gasteiger partial charge in [-0.05, 0) is 113 Å². The molecule has 2 aliphatic rings. The lowest BCUT2D eigenvalue weighted by Crippen LogP contribution is -2.52. The molecule has 2 aliphatic carbocycles. The van der Waals surface area contributed by atoms with E-state index < -0.39 is 12.0 Å². The van der Waals surface area contributed by atoms with Gasteiger partial charge in [0.2, 0.25) is 11.4 Å². The molecule has 46 heavy (non-hydrogen) atoms. The number of nitrogens with zero attached hydrogens (tertiary/aromatic N) is 2. The van der Waals surface area contributed by atoms with Crippen molar-refractivity contribution in [1.82, 2.24) is 0 Å². The zero-order valence-corrected chi connectivity index (χ0v) is 28.9. The van der Waals surface area contributed by atoms with Gasteiger partial charge < -0.3 is 10.0 Å². The van der Waals surface area contributed by atoms with Gasteiger partial charge in [0, 0.05) is 53.5 Å². The van der Waals surface area contributed by atoms with Gasteiger partial charge in [0.1, 0.15) is 0 Å². The van der Waals surface area contributed by atoms with Crippen LogP contribution in [0.3, 0.4) is 0 Å². The highest BCUT2D eigenvalue weighted by atomic mass is 16.3. The van der Waals surface area contributed by atoms with Crippen molar-refractivity contribution in [2.75, 3.05) is 4.90 Å². The third-order valence-corrected chi connectivity index (χ3v) is 9.64. The first-order chi connectivity index (χ1) is 22.0. The number of hydrogen-bond donors (Lipinski definition) is 0. The van der Waals surface area contributed by atoms with E-state index in [9.17, 15) is 9.90 Å². The zero-order valence-electron chi connectivity index (χ0n) is 28.9. The van der Waals surface area contributed by atoms with Gasteiger partial charge in [-0.2, -0.15) is 4.58 Å². The van der Waals surface area contributed by atoms with Gasteiger partial charge >= 0.3 is 0 Å². The van der Waals surface area contributed by atoms with Crippen molar-refractivity contribution < 1.29 is 14.5 Å². The Kier molecular flexibility index (Phi) is 10.3. The molecule has 1 fully saturated rings. The molecule has 0 aromatic heterocycles. The topological polar surface area (TPSA) is 46.4 Å². The molecule has 0 amide bonds. The Labute approximate surface area is 276 Å². The number of rotatable bonds is 10. The maximum Gasteiger partial charge on any atom is 0.208 e. The van der Waals surface area contributed by atoms with Crippen molar-refractivity contribution in [2.45, 2.75) is 105 Å². The van der Waals surface area contributed by atoms with Crippen LogP contribution in [-0.2, 0) is 4.79 Å². The van der Waals surface area contributed by atoms with Gasteiger partial charge in [-0.25, -0.2) is 0 Å². The maximum absolute atomic E-state index is 13.6. The van der Waals surface area contributed by atoms with Gasteiger partial charge in [0.15, 0.2) is 11.8 Å². The van der Waals surface area contributed by atoms with E-state index in [2.05, 4.69) is 126 Å². The van der Waals surface area contributed by atoms with Crippen LogP contribution < -0.4 is 10.0 Å². The number of hydrogen-bond acceptors (Lipinski definition) is 3. The van der Waals surface area contributed by atoms with E-state index >= 15 is 0 Å². The molecule has 0 spiro atoms. The van der Waals surface area contributed by atoms with E-state index in [1.54, 1.807) is 0 Å². The number of allylic oxidation sites excluding steroid dienone is 5.